The lowest BCUT2D eigenvalue weighted by Crippen LogP contribution is -2.01. The lowest BCUT2D eigenvalue weighted by molar-refractivity contribution is -0.387. The Hall–Kier alpha value is -1.21. The van der Waals surface area contributed by atoms with E-state index in [0.717, 1.165) is 12.1 Å². The summed E-state index contributed by atoms with van der Waals surface area (Å²) in [6.45, 7) is 0. The molecule has 0 spiro atoms. The third-order valence-electron chi connectivity index (χ3n) is 1.58. The topological polar surface area (TPSA) is 77.3 Å². The van der Waals surface area contributed by atoms with E-state index in [0.29, 0.717) is 0 Å². The van der Waals surface area contributed by atoms with Crippen LogP contribution in [0.15, 0.2) is 18.2 Å². The molecule has 1 aromatic carbocycles. The number of hydrogen-bond donors (Lipinski definition) is 0. The second-order valence-electron chi connectivity index (χ2n) is 2.69. The monoisotopic (exact) mass is 253 g/mol. The third kappa shape index (κ3) is 3.14. The number of nitro benzene ring substituents is 1. The molecule has 0 aliphatic rings. The van der Waals surface area contributed by atoms with Crippen LogP contribution in [0.1, 0.15) is 5.56 Å². The molecule has 8 heteroatoms. The fourth-order valence-electron chi connectivity index (χ4n) is 1.00. The number of hydrogen-bond acceptors (Lipinski definition) is 4. The van der Waals surface area contributed by atoms with Gasteiger partial charge in [-0.05, 0) is 0 Å². The molecule has 0 radical (unpaired) electrons. The van der Waals surface area contributed by atoms with Crippen LogP contribution >= 0.6 is 10.7 Å². The average Bonchev–Trinajstić information content (AvgIpc) is 2.05. The van der Waals surface area contributed by atoms with Gasteiger partial charge in [0.2, 0.25) is 14.9 Å². The van der Waals surface area contributed by atoms with Gasteiger partial charge in [-0.1, -0.05) is 12.1 Å². The Morgan fingerprint density at radius 1 is 1.47 bits per heavy atom. The highest BCUT2D eigenvalue weighted by atomic mass is 35.7. The van der Waals surface area contributed by atoms with Crippen molar-refractivity contribution in [1.29, 1.82) is 0 Å². The molecule has 1 aromatic rings. The molecular formula is C7H5ClFNO4S. The minimum atomic E-state index is -3.93. The molecule has 0 heterocycles. The molecule has 0 fully saturated rings. The van der Waals surface area contributed by atoms with Gasteiger partial charge in [-0.15, -0.1) is 0 Å². The highest BCUT2D eigenvalue weighted by molar-refractivity contribution is 8.13. The van der Waals surface area contributed by atoms with E-state index in [-0.39, 0.29) is 5.56 Å². The van der Waals surface area contributed by atoms with Crippen LogP contribution in [0.25, 0.3) is 0 Å². The number of nitrogens with zero attached hydrogens (tertiary/aromatic N) is 1. The first-order valence-electron chi connectivity index (χ1n) is 3.65. The van der Waals surface area contributed by atoms with Crippen molar-refractivity contribution >= 4 is 25.4 Å². The lowest BCUT2D eigenvalue weighted by Gasteiger charge is -2.00. The van der Waals surface area contributed by atoms with Gasteiger partial charge in [0.05, 0.1) is 10.7 Å². The Kier molecular flexibility index (Phi) is 3.25. The van der Waals surface area contributed by atoms with Crippen LogP contribution in [0, 0.1) is 15.9 Å². The van der Waals surface area contributed by atoms with E-state index < -0.39 is 31.2 Å². The molecule has 1 rings (SSSR count). The Morgan fingerprint density at radius 3 is 2.53 bits per heavy atom. The maximum atomic E-state index is 13.3. The number of halogens is 2. The van der Waals surface area contributed by atoms with E-state index in [9.17, 15) is 22.9 Å². The minimum Gasteiger partial charge on any atom is -0.258 e. The van der Waals surface area contributed by atoms with Gasteiger partial charge in [0.15, 0.2) is 0 Å². The predicted octanol–water partition coefficient (Wildman–Crippen LogP) is 1.80. The van der Waals surface area contributed by atoms with E-state index in [2.05, 4.69) is 0 Å². The predicted molar refractivity (Wildman–Crippen MR) is 51.5 cm³/mol. The van der Waals surface area contributed by atoms with Gasteiger partial charge in [0.25, 0.3) is 0 Å². The van der Waals surface area contributed by atoms with Crippen LogP contribution in [0.3, 0.4) is 0 Å². The minimum absolute atomic E-state index is 0.320. The molecule has 0 saturated carbocycles. The van der Waals surface area contributed by atoms with Gasteiger partial charge >= 0.3 is 5.69 Å². The first-order chi connectivity index (χ1) is 6.81. The zero-order valence-corrected chi connectivity index (χ0v) is 8.76. The van der Waals surface area contributed by atoms with Crippen molar-refractivity contribution in [3.63, 3.8) is 0 Å². The Morgan fingerprint density at radius 2 is 2.07 bits per heavy atom. The molecule has 0 aromatic heterocycles. The van der Waals surface area contributed by atoms with E-state index in [1.165, 1.54) is 6.07 Å². The summed E-state index contributed by atoms with van der Waals surface area (Å²) in [6, 6.07) is 3.26. The summed E-state index contributed by atoms with van der Waals surface area (Å²) >= 11 is 0. The summed E-state index contributed by atoms with van der Waals surface area (Å²) in [6.07, 6.45) is 0. The Balaban J connectivity index is 3.22. The summed E-state index contributed by atoms with van der Waals surface area (Å²) in [5.74, 6) is -1.95. The Labute approximate surface area is 89.0 Å². The van der Waals surface area contributed by atoms with Crippen molar-refractivity contribution in [3.05, 3.63) is 39.7 Å². The molecule has 5 nitrogen and oxygen atoms in total. The van der Waals surface area contributed by atoms with Crippen LogP contribution in [-0.2, 0) is 14.8 Å². The third-order valence-corrected chi connectivity index (χ3v) is 2.57. The van der Waals surface area contributed by atoms with E-state index >= 15 is 0 Å². The normalized spacial score (nSPS) is 11.3. The van der Waals surface area contributed by atoms with Crippen LogP contribution < -0.4 is 0 Å². The van der Waals surface area contributed by atoms with Crippen molar-refractivity contribution in [2.45, 2.75) is 5.75 Å². The fourth-order valence-corrected chi connectivity index (χ4v) is 1.95. The van der Waals surface area contributed by atoms with Crippen LogP contribution in [-0.4, -0.2) is 13.3 Å². The summed E-state index contributed by atoms with van der Waals surface area (Å²) < 4.78 is 34.6. The molecule has 0 N–H and O–H groups in total. The van der Waals surface area contributed by atoms with Crippen LogP contribution in [0.5, 0.6) is 0 Å². The summed E-state index contributed by atoms with van der Waals surface area (Å²) in [5, 5.41) is 10.3. The van der Waals surface area contributed by atoms with Crippen LogP contribution in [0.2, 0.25) is 0 Å². The zero-order chi connectivity index (χ0) is 11.6. The van der Waals surface area contributed by atoms with E-state index in [4.69, 9.17) is 10.7 Å². The highest BCUT2D eigenvalue weighted by Gasteiger charge is 2.20. The largest absolute Gasteiger partial charge is 0.305 e. The summed E-state index contributed by atoms with van der Waals surface area (Å²) in [7, 11) is 0.975. The lowest BCUT2D eigenvalue weighted by atomic mass is 10.2. The SMILES string of the molecule is O=[N+]([O-])c1cccc(CS(=O)(=O)Cl)c1F. The van der Waals surface area contributed by atoms with E-state index in [1.807, 2.05) is 0 Å². The molecule has 0 atom stereocenters. The second-order valence-corrected chi connectivity index (χ2v) is 5.47. The number of rotatable bonds is 3. The molecule has 0 aliphatic heterocycles. The summed E-state index contributed by atoms with van der Waals surface area (Å²) in [5.41, 5.74) is -1.09. The van der Waals surface area contributed by atoms with Gasteiger partial charge in [-0.2, -0.15) is 4.39 Å². The van der Waals surface area contributed by atoms with Gasteiger partial charge in [-0.25, -0.2) is 8.42 Å². The van der Waals surface area contributed by atoms with Crippen molar-refractivity contribution in [1.82, 2.24) is 0 Å². The molecule has 0 amide bonds. The fraction of sp³-hybridized carbons (Fsp3) is 0.143. The highest BCUT2D eigenvalue weighted by Crippen LogP contribution is 2.22. The smallest absolute Gasteiger partial charge is 0.258 e. The van der Waals surface area contributed by atoms with Gasteiger partial charge in [-0.3, -0.25) is 10.1 Å². The Bertz CT molecular complexity index is 502. The van der Waals surface area contributed by atoms with E-state index in [1.54, 1.807) is 0 Å². The maximum Gasteiger partial charge on any atom is 0.305 e. The van der Waals surface area contributed by atoms with Crippen molar-refractivity contribution in [2.24, 2.45) is 0 Å². The molecule has 15 heavy (non-hydrogen) atoms. The summed E-state index contributed by atoms with van der Waals surface area (Å²) in [4.78, 5) is 9.39. The molecule has 0 bridgehead atoms. The number of benzene rings is 1. The maximum absolute atomic E-state index is 13.3. The quantitative estimate of drug-likeness (QED) is 0.467. The number of nitro groups is 1. The molecular weight excluding hydrogens is 249 g/mol. The van der Waals surface area contributed by atoms with Gasteiger partial charge in [0.1, 0.15) is 0 Å². The average molecular weight is 254 g/mol. The van der Waals surface area contributed by atoms with Crippen molar-refractivity contribution in [3.8, 4) is 0 Å². The molecule has 0 unspecified atom stereocenters. The second kappa shape index (κ2) is 4.11. The first-order valence-corrected chi connectivity index (χ1v) is 6.13. The van der Waals surface area contributed by atoms with Crippen LogP contribution in [0.4, 0.5) is 10.1 Å². The first kappa shape index (κ1) is 11.9. The molecule has 0 saturated heterocycles. The molecule has 82 valence electrons. The standard InChI is InChI=1S/C7H5ClFNO4S/c8-15(13,14)4-5-2-1-3-6(7(5)9)10(11)12/h1-3H,4H2. The molecule has 0 aliphatic carbocycles. The van der Waals surface area contributed by atoms with Crippen molar-refractivity contribution in [2.75, 3.05) is 0 Å². The zero-order valence-electron chi connectivity index (χ0n) is 7.18. The van der Waals surface area contributed by atoms with Gasteiger partial charge < -0.3 is 0 Å². The van der Waals surface area contributed by atoms with Gasteiger partial charge in [0, 0.05) is 22.3 Å². The van der Waals surface area contributed by atoms with Crippen molar-refractivity contribution < 1.29 is 17.7 Å².